The largest absolute Gasteiger partial charge is 0.465 e. The van der Waals surface area contributed by atoms with Crippen molar-refractivity contribution in [3.8, 4) is 5.75 Å². The van der Waals surface area contributed by atoms with Crippen molar-refractivity contribution in [1.29, 1.82) is 0 Å². The number of alkyl halides is 2. The monoisotopic (exact) mass is 448 g/mol. The van der Waals surface area contributed by atoms with Crippen LogP contribution in [0.15, 0.2) is 60.7 Å². The first kappa shape index (κ1) is 21.7. The number of hydrogen-bond acceptors (Lipinski definition) is 5. The van der Waals surface area contributed by atoms with Crippen LogP contribution in [0.1, 0.15) is 20.8 Å². The van der Waals surface area contributed by atoms with Crippen molar-refractivity contribution in [3.63, 3.8) is 0 Å². The Morgan fingerprint density at radius 3 is 2.50 bits per heavy atom. The van der Waals surface area contributed by atoms with E-state index in [0.717, 1.165) is 10.4 Å². The van der Waals surface area contributed by atoms with Crippen LogP contribution in [0.4, 0.5) is 19.5 Å². The Hall–Kier alpha value is -3.04. The van der Waals surface area contributed by atoms with E-state index in [-0.39, 0.29) is 16.5 Å². The quantitative estimate of drug-likeness (QED) is 0.366. The number of thiocarbonyl (C=S) groups is 1. The molecule has 5 nitrogen and oxygen atoms in total. The molecule has 2 N–H and O–H groups in total. The molecule has 1 aromatic heterocycles. The summed E-state index contributed by atoms with van der Waals surface area (Å²) in [6.45, 7) is -2.96. The van der Waals surface area contributed by atoms with Gasteiger partial charge in [0.1, 0.15) is 10.8 Å². The molecule has 0 spiro atoms. The lowest BCUT2D eigenvalue weighted by Gasteiger charge is -2.14. The number of anilines is 2. The summed E-state index contributed by atoms with van der Waals surface area (Å²) in [6.07, 6.45) is 0.641. The number of esters is 1. The van der Waals surface area contributed by atoms with Gasteiger partial charge in [-0.3, -0.25) is 0 Å². The molecule has 3 rings (SSSR count). The number of carbonyl (C=O) groups excluding carboxylic acids is 1. The lowest BCUT2D eigenvalue weighted by atomic mass is 10.1. The maximum atomic E-state index is 12.6. The smallest absolute Gasteiger partial charge is 0.387 e. The van der Waals surface area contributed by atoms with Crippen LogP contribution in [0.2, 0.25) is 0 Å². The summed E-state index contributed by atoms with van der Waals surface area (Å²) in [5.74, 6) is -0.543. The first-order valence-electron chi connectivity index (χ1n) is 8.83. The standard InChI is InChI=1S/C21H18F2N2O3S2/c1-27-19(26)15-12-14(11-13-7-3-2-4-8-13)30-18(15)25-21(29)24-16-9-5-6-10-17(16)28-20(22)23/h2-10,12,20H,11H2,1H3,(H2,24,25,29). The third-order valence-corrected chi connectivity index (χ3v) is 5.24. The third-order valence-electron chi connectivity index (χ3n) is 3.99. The molecule has 0 bridgehead atoms. The SMILES string of the molecule is COC(=O)c1cc(Cc2ccccc2)sc1NC(=S)Nc1ccccc1OC(F)F. The Labute approximate surface area is 181 Å². The molecule has 0 fully saturated rings. The molecule has 0 aliphatic heterocycles. The summed E-state index contributed by atoms with van der Waals surface area (Å²) in [4.78, 5) is 13.1. The Morgan fingerprint density at radius 1 is 1.10 bits per heavy atom. The van der Waals surface area contributed by atoms with E-state index < -0.39 is 12.6 Å². The highest BCUT2D eigenvalue weighted by Crippen LogP contribution is 2.31. The normalized spacial score (nSPS) is 10.5. The van der Waals surface area contributed by atoms with Crippen LogP contribution in [-0.4, -0.2) is 24.8 Å². The molecule has 2 aromatic carbocycles. The summed E-state index contributed by atoms with van der Waals surface area (Å²) in [5, 5.41) is 6.40. The zero-order valence-corrected chi connectivity index (χ0v) is 17.5. The topological polar surface area (TPSA) is 59.6 Å². The predicted octanol–water partition coefficient (Wildman–Crippen LogP) is 5.54. The first-order valence-corrected chi connectivity index (χ1v) is 10.1. The highest BCUT2D eigenvalue weighted by Gasteiger charge is 2.18. The van der Waals surface area contributed by atoms with E-state index in [2.05, 4.69) is 15.4 Å². The van der Waals surface area contributed by atoms with Gasteiger partial charge in [-0.25, -0.2) is 4.79 Å². The average molecular weight is 449 g/mol. The number of methoxy groups -OCH3 is 1. The summed E-state index contributed by atoms with van der Waals surface area (Å²) >= 11 is 6.66. The van der Waals surface area contributed by atoms with Gasteiger partial charge in [-0.05, 0) is 36.0 Å². The van der Waals surface area contributed by atoms with Crippen LogP contribution in [0.3, 0.4) is 0 Å². The highest BCUT2D eigenvalue weighted by molar-refractivity contribution is 7.80. The number of ether oxygens (including phenoxy) is 2. The molecule has 0 aliphatic rings. The van der Waals surface area contributed by atoms with Gasteiger partial charge in [-0.1, -0.05) is 42.5 Å². The number of thiophene rings is 1. The lowest BCUT2D eigenvalue weighted by molar-refractivity contribution is -0.0493. The number of rotatable bonds is 7. The van der Waals surface area contributed by atoms with Gasteiger partial charge in [0.2, 0.25) is 0 Å². The Balaban J connectivity index is 1.78. The molecule has 9 heteroatoms. The van der Waals surface area contributed by atoms with Gasteiger partial charge in [-0.15, -0.1) is 11.3 Å². The van der Waals surface area contributed by atoms with Crippen molar-refractivity contribution in [2.45, 2.75) is 13.0 Å². The van der Waals surface area contributed by atoms with Crippen LogP contribution in [0.5, 0.6) is 5.75 Å². The molecule has 0 saturated heterocycles. The summed E-state index contributed by atoms with van der Waals surface area (Å²) in [7, 11) is 1.30. The fraction of sp³-hybridized carbons (Fsp3) is 0.143. The minimum absolute atomic E-state index is 0.0409. The van der Waals surface area contributed by atoms with Crippen molar-refractivity contribution in [2.24, 2.45) is 0 Å². The van der Waals surface area contributed by atoms with Crippen LogP contribution in [-0.2, 0) is 11.2 Å². The predicted molar refractivity (Wildman–Crippen MR) is 118 cm³/mol. The van der Waals surface area contributed by atoms with E-state index in [1.807, 2.05) is 30.3 Å². The van der Waals surface area contributed by atoms with Crippen molar-refractivity contribution in [2.75, 3.05) is 17.7 Å². The van der Waals surface area contributed by atoms with Crippen LogP contribution in [0, 0.1) is 0 Å². The second-order valence-corrected chi connectivity index (χ2v) is 7.61. The average Bonchev–Trinajstić information content (AvgIpc) is 3.11. The van der Waals surface area contributed by atoms with Gasteiger partial charge in [0.25, 0.3) is 0 Å². The summed E-state index contributed by atoms with van der Waals surface area (Å²) in [5.41, 5.74) is 1.71. The van der Waals surface area contributed by atoms with Gasteiger partial charge >= 0.3 is 12.6 Å². The molecule has 0 saturated carbocycles. The summed E-state index contributed by atoms with van der Waals surface area (Å²) in [6, 6.07) is 17.8. The van der Waals surface area contributed by atoms with Crippen LogP contribution in [0.25, 0.3) is 0 Å². The molecule has 156 valence electrons. The molecular weight excluding hydrogens is 430 g/mol. The minimum atomic E-state index is -2.96. The lowest BCUT2D eigenvalue weighted by Crippen LogP contribution is -2.20. The van der Waals surface area contributed by atoms with E-state index in [9.17, 15) is 13.6 Å². The molecule has 0 aliphatic carbocycles. The van der Waals surface area contributed by atoms with Crippen molar-refractivity contribution in [1.82, 2.24) is 0 Å². The second-order valence-electron chi connectivity index (χ2n) is 6.06. The van der Waals surface area contributed by atoms with Crippen LogP contribution >= 0.6 is 23.6 Å². The van der Waals surface area contributed by atoms with E-state index >= 15 is 0 Å². The van der Waals surface area contributed by atoms with E-state index in [1.165, 1.54) is 24.5 Å². The number of nitrogens with one attached hydrogen (secondary N) is 2. The molecule has 0 unspecified atom stereocenters. The Morgan fingerprint density at radius 2 is 1.80 bits per heavy atom. The number of carbonyl (C=O) groups is 1. The third kappa shape index (κ3) is 5.74. The fourth-order valence-corrected chi connectivity index (χ4v) is 4.07. The van der Waals surface area contributed by atoms with E-state index in [4.69, 9.17) is 17.0 Å². The first-order chi connectivity index (χ1) is 14.5. The Kier molecular flexibility index (Phi) is 7.31. The molecule has 0 atom stereocenters. The highest BCUT2D eigenvalue weighted by atomic mass is 32.1. The number of hydrogen-bond donors (Lipinski definition) is 2. The van der Waals surface area contributed by atoms with Crippen LogP contribution < -0.4 is 15.4 Å². The zero-order valence-electron chi connectivity index (χ0n) is 15.9. The van der Waals surface area contributed by atoms with Crippen molar-refractivity contribution in [3.05, 3.63) is 76.7 Å². The molecule has 3 aromatic rings. The maximum absolute atomic E-state index is 12.6. The van der Waals surface area contributed by atoms with Crippen molar-refractivity contribution < 1.29 is 23.0 Å². The Bertz CT molecular complexity index is 1030. The summed E-state index contributed by atoms with van der Waals surface area (Å²) < 4.78 is 34.6. The zero-order chi connectivity index (χ0) is 21.5. The minimum Gasteiger partial charge on any atom is -0.465 e. The second kappa shape index (κ2) is 10.1. The number of halogens is 2. The number of para-hydroxylation sites is 2. The van der Waals surface area contributed by atoms with Gasteiger partial charge in [0, 0.05) is 11.3 Å². The van der Waals surface area contributed by atoms with E-state index in [1.54, 1.807) is 24.3 Å². The molecule has 1 heterocycles. The van der Waals surface area contributed by atoms with Gasteiger partial charge < -0.3 is 20.1 Å². The molecule has 0 radical (unpaired) electrons. The van der Waals surface area contributed by atoms with E-state index in [0.29, 0.717) is 17.0 Å². The fourth-order valence-electron chi connectivity index (χ4n) is 2.71. The molecular formula is C21H18F2N2O3S2. The van der Waals surface area contributed by atoms with Gasteiger partial charge in [0.05, 0.1) is 18.4 Å². The van der Waals surface area contributed by atoms with Gasteiger partial charge in [0.15, 0.2) is 5.11 Å². The van der Waals surface area contributed by atoms with Gasteiger partial charge in [-0.2, -0.15) is 8.78 Å². The number of benzene rings is 2. The van der Waals surface area contributed by atoms with Crippen molar-refractivity contribution >= 4 is 45.3 Å². The maximum Gasteiger partial charge on any atom is 0.387 e. The molecule has 30 heavy (non-hydrogen) atoms. The molecule has 0 amide bonds.